The zero-order valence-corrected chi connectivity index (χ0v) is 12.0. The highest BCUT2D eigenvalue weighted by molar-refractivity contribution is 5.50. The topological polar surface area (TPSA) is 15.3 Å². The van der Waals surface area contributed by atoms with Crippen molar-refractivity contribution in [2.45, 2.75) is 46.1 Å². The smallest absolute Gasteiger partial charge is 0.0369 e. The Labute approximate surface area is 111 Å². The van der Waals surface area contributed by atoms with E-state index in [0.717, 1.165) is 6.54 Å². The van der Waals surface area contributed by atoms with Crippen molar-refractivity contribution in [1.82, 2.24) is 5.32 Å². The normalized spacial score (nSPS) is 21.5. The third kappa shape index (κ3) is 3.26. The van der Waals surface area contributed by atoms with E-state index in [4.69, 9.17) is 0 Å². The van der Waals surface area contributed by atoms with Gasteiger partial charge >= 0.3 is 0 Å². The summed E-state index contributed by atoms with van der Waals surface area (Å²) in [7, 11) is 0. The average Bonchev–Trinajstić information content (AvgIpc) is 2.33. The summed E-state index contributed by atoms with van der Waals surface area (Å²) in [5.41, 5.74) is 4.19. The summed E-state index contributed by atoms with van der Waals surface area (Å²) in [6.45, 7) is 10.2. The zero-order valence-electron chi connectivity index (χ0n) is 12.0. The highest BCUT2D eigenvalue weighted by Gasteiger charge is 2.14. The summed E-state index contributed by atoms with van der Waals surface area (Å²) in [4.78, 5) is 2.55. The van der Waals surface area contributed by atoms with Gasteiger partial charge in [0.1, 0.15) is 0 Å². The molecule has 0 radical (unpaired) electrons. The van der Waals surface area contributed by atoms with Crippen LogP contribution in [0.5, 0.6) is 0 Å². The van der Waals surface area contributed by atoms with Crippen LogP contribution in [0.3, 0.4) is 0 Å². The molecule has 0 amide bonds. The zero-order chi connectivity index (χ0) is 13.0. The Bertz CT molecular complexity index is 387. The summed E-state index contributed by atoms with van der Waals surface area (Å²) >= 11 is 0. The molecule has 1 aromatic carbocycles. The number of hydrogen-bond acceptors (Lipinski definition) is 2. The van der Waals surface area contributed by atoms with Gasteiger partial charge in [-0.1, -0.05) is 13.0 Å². The van der Waals surface area contributed by atoms with E-state index in [1.54, 1.807) is 0 Å². The van der Waals surface area contributed by atoms with E-state index in [-0.39, 0.29) is 0 Å². The summed E-state index contributed by atoms with van der Waals surface area (Å²) < 4.78 is 0. The molecule has 1 unspecified atom stereocenters. The van der Waals surface area contributed by atoms with Gasteiger partial charge in [-0.3, -0.25) is 0 Å². The third-order valence-corrected chi connectivity index (χ3v) is 4.13. The van der Waals surface area contributed by atoms with Crippen molar-refractivity contribution in [3.05, 3.63) is 29.3 Å². The first-order valence-corrected chi connectivity index (χ1v) is 7.26. The Kier molecular flexibility index (Phi) is 4.65. The highest BCUT2D eigenvalue weighted by atomic mass is 15.1. The Hall–Kier alpha value is -1.02. The Morgan fingerprint density at radius 2 is 2.06 bits per heavy atom. The Balaban J connectivity index is 2.08. The van der Waals surface area contributed by atoms with Gasteiger partial charge in [0, 0.05) is 24.8 Å². The van der Waals surface area contributed by atoms with E-state index in [2.05, 4.69) is 49.2 Å². The lowest BCUT2D eigenvalue weighted by Crippen LogP contribution is -2.39. The molecule has 100 valence electrons. The summed E-state index contributed by atoms with van der Waals surface area (Å²) in [6.07, 6.45) is 3.73. The van der Waals surface area contributed by atoms with Crippen molar-refractivity contribution in [1.29, 1.82) is 0 Å². The van der Waals surface area contributed by atoms with Gasteiger partial charge < -0.3 is 10.2 Å². The molecule has 0 aromatic heterocycles. The van der Waals surface area contributed by atoms with Gasteiger partial charge in [0.25, 0.3) is 0 Å². The van der Waals surface area contributed by atoms with Crippen molar-refractivity contribution in [2.24, 2.45) is 0 Å². The Morgan fingerprint density at radius 1 is 1.22 bits per heavy atom. The molecule has 1 fully saturated rings. The first-order chi connectivity index (χ1) is 8.70. The van der Waals surface area contributed by atoms with E-state index in [1.807, 2.05) is 0 Å². The van der Waals surface area contributed by atoms with Gasteiger partial charge in [-0.2, -0.15) is 0 Å². The number of rotatable bonds is 2. The molecule has 0 aliphatic carbocycles. The monoisotopic (exact) mass is 246 g/mol. The molecule has 1 saturated heterocycles. The van der Waals surface area contributed by atoms with Gasteiger partial charge in [-0.15, -0.1) is 0 Å². The second kappa shape index (κ2) is 6.24. The van der Waals surface area contributed by atoms with Gasteiger partial charge in [0.2, 0.25) is 0 Å². The standard InChI is InChI=1S/C16H26N2/c1-4-15-8-11-18(10-5-9-17-15)16-7-6-13(2)14(3)12-16/h6-7,12,15,17H,4-5,8-11H2,1-3H3. The molecule has 0 spiro atoms. The first-order valence-electron chi connectivity index (χ1n) is 7.26. The number of aryl methyl sites for hydroxylation is 2. The van der Waals surface area contributed by atoms with Crippen LogP contribution in [0.25, 0.3) is 0 Å². The molecule has 0 saturated carbocycles. The van der Waals surface area contributed by atoms with Crippen LogP contribution in [-0.4, -0.2) is 25.7 Å². The molecule has 2 rings (SSSR count). The fraction of sp³-hybridized carbons (Fsp3) is 0.625. The molecule has 1 atom stereocenters. The van der Waals surface area contributed by atoms with Gasteiger partial charge in [-0.25, -0.2) is 0 Å². The lowest BCUT2D eigenvalue weighted by atomic mass is 10.1. The lowest BCUT2D eigenvalue weighted by Gasteiger charge is -2.31. The number of benzene rings is 1. The fourth-order valence-electron chi connectivity index (χ4n) is 2.63. The second-order valence-corrected chi connectivity index (χ2v) is 5.46. The molecule has 18 heavy (non-hydrogen) atoms. The van der Waals surface area contributed by atoms with Crippen molar-refractivity contribution in [3.63, 3.8) is 0 Å². The predicted molar refractivity (Wildman–Crippen MR) is 79.4 cm³/mol. The minimum absolute atomic E-state index is 0.694. The third-order valence-electron chi connectivity index (χ3n) is 4.13. The quantitative estimate of drug-likeness (QED) is 0.861. The summed E-state index contributed by atoms with van der Waals surface area (Å²) in [6, 6.07) is 7.56. The molecule has 2 nitrogen and oxygen atoms in total. The maximum Gasteiger partial charge on any atom is 0.0369 e. The number of nitrogens with one attached hydrogen (secondary N) is 1. The van der Waals surface area contributed by atoms with Crippen LogP contribution in [0.4, 0.5) is 5.69 Å². The highest BCUT2D eigenvalue weighted by Crippen LogP contribution is 2.20. The molecular weight excluding hydrogens is 220 g/mol. The van der Waals surface area contributed by atoms with Crippen LogP contribution in [-0.2, 0) is 0 Å². The first kappa shape index (κ1) is 13.4. The molecule has 1 aliphatic rings. The van der Waals surface area contributed by atoms with Gasteiger partial charge in [0.15, 0.2) is 0 Å². The summed E-state index contributed by atoms with van der Waals surface area (Å²) in [5.74, 6) is 0. The van der Waals surface area contributed by atoms with Crippen LogP contribution in [0.15, 0.2) is 18.2 Å². The van der Waals surface area contributed by atoms with Crippen LogP contribution in [0.2, 0.25) is 0 Å². The minimum atomic E-state index is 0.694. The average molecular weight is 246 g/mol. The SMILES string of the molecule is CCC1CCN(c2ccc(C)c(C)c2)CCCN1. The minimum Gasteiger partial charge on any atom is -0.371 e. The molecule has 1 N–H and O–H groups in total. The van der Waals surface area contributed by atoms with Crippen LogP contribution < -0.4 is 10.2 Å². The van der Waals surface area contributed by atoms with E-state index in [1.165, 1.54) is 49.2 Å². The van der Waals surface area contributed by atoms with Crippen molar-refractivity contribution >= 4 is 5.69 Å². The maximum atomic E-state index is 3.64. The van der Waals surface area contributed by atoms with Gasteiger partial charge in [0.05, 0.1) is 0 Å². The van der Waals surface area contributed by atoms with Crippen molar-refractivity contribution in [2.75, 3.05) is 24.5 Å². The van der Waals surface area contributed by atoms with Crippen LogP contribution >= 0.6 is 0 Å². The van der Waals surface area contributed by atoms with Crippen molar-refractivity contribution in [3.8, 4) is 0 Å². The molecule has 1 heterocycles. The van der Waals surface area contributed by atoms with Crippen LogP contribution in [0.1, 0.15) is 37.3 Å². The molecular formula is C16H26N2. The van der Waals surface area contributed by atoms with Crippen molar-refractivity contribution < 1.29 is 0 Å². The second-order valence-electron chi connectivity index (χ2n) is 5.46. The van der Waals surface area contributed by atoms with E-state index in [9.17, 15) is 0 Å². The number of hydrogen-bond donors (Lipinski definition) is 1. The summed E-state index contributed by atoms with van der Waals surface area (Å²) in [5, 5.41) is 3.64. The maximum absolute atomic E-state index is 3.64. The molecule has 1 aromatic rings. The van der Waals surface area contributed by atoms with E-state index < -0.39 is 0 Å². The van der Waals surface area contributed by atoms with Gasteiger partial charge in [-0.05, 0) is 62.9 Å². The fourth-order valence-corrected chi connectivity index (χ4v) is 2.63. The largest absolute Gasteiger partial charge is 0.371 e. The number of nitrogens with zero attached hydrogens (tertiary/aromatic N) is 1. The molecule has 0 bridgehead atoms. The predicted octanol–water partition coefficient (Wildman–Crippen LogP) is 3.27. The lowest BCUT2D eigenvalue weighted by molar-refractivity contribution is 0.439. The van der Waals surface area contributed by atoms with E-state index in [0.29, 0.717) is 6.04 Å². The van der Waals surface area contributed by atoms with Crippen LogP contribution in [0, 0.1) is 13.8 Å². The molecule has 1 aliphatic heterocycles. The Morgan fingerprint density at radius 3 is 2.78 bits per heavy atom. The van der Waals surface area contributed by atoms with E-state index >= 15 is 0 Å². The number of anilines is 1. The molecule has 2 heteroatoms.